The molecule has 7 heteroatoms. The van der Waals surface area contributed by atoms with Gasteiger partial charge in [0.15, 0.2) is 0 Å². The van der Waals surface area contributed by atoms with Crippen molar-refractivity contribution in [2.24, 2.45) is 0 Å². The molecule has 0 spiro atoms. The number of nitrogens with one attached hydrogen (secondary N) is 1. The summed E-state index contributed by atoms with van der Waals surface area (Å²) < 4.78 is 5.02. The molecule has 0 aromatic heterocycles. The molecular weight excluding hydrogens is 489 g/mol. The van der Waals surface area contributed by atoms with Gasteiger partial charge in [-0.1, -0.05) is 12.1 Å². The predicted octanol–water partition coefficient (Wildman–Crippen LogP) is 1.91. The average molecular weight is 508 g/mol. The summed E-state index contributed by atoms with van der Waals surface area (Å²) in [4.78, 5) is 22.7. The van der Waals surface area contributed by atoms with Gasteiger partial charge in [0.25, 0.3) is 0 Å². The molecule has 1 radical (unpaired) electrons. The molecule has 1 rings (SSSR count). The molecule has 0 saturated heterocycles. The molecule has 0 aliphatic carbocycles. The standard InChI is InChI=1S/C14H19NO5.Ac/c1-14(2,3)20-13(19)15-11(12(17)18)8-9-4-6-10(16)7-5-9;/h4-7,11,16H,8H2,1-3H3,(H,15,19)(H,17,18);/t11-;/m0./s1. The van der Waals surface area contributed by atoms with Gasteiger partial charge in [-0.2, -0.15) is 0 Å². The van der Waals surface area contributed by atoms with Crippen LogP contribution in [0.2, 0.25) is 0 Å². The largest absolute Gasteiger partial charge is 0.508 e. The normalized spacial score (nSPS) is 12.0. The molecule has 0 aliphatic heterocycles. The Morgan fingerprint density at radius 2 is 1.76 bits per heavy atom. The molecule has 0 fully saturated rings. The van der Waals surface area contributed by atoms with Gasteiger partial charge < -0.3 is 20.3 Å². The fraction of sp³-hybridized carbons (Fsp3) is 0.429. The number of aromatic hydroxyl groups is 1. The van der Waals surface area contributed by atoms with Crippen molar-refractivity contribution in [3.8, 4) is 5.75 Å². The molecule has 6 nitrogen and oxygen atoms in total. The van der Waals surface area contributed by atoms with Crippen molar-refractivity contribution in [2.45, 2.75) is 38.8 Å². The summed E-state index contributed by atoms with van der Waals surface area (Å²) in [5, 5.41) is 20.6. The minimum absolute atomic E-state index is 0. The first-order chi connectivity index (χ1) is 9.17. The first kappa shape index (κ1) is 20.2. The smallest absolute Gasteiger partial charge is 0.408 e. The Kier molecular flexibility index (Phi) is 8.27. The van der Waals surface area contributed by atoms with E-state index in [1.54, 1.807) is 32.9 Å². The minimum atomic E-state index is -1.15. The molecule has 1 atom stereocenters. The molecule has 0 aliphatic rings. The summed E-state index contributed by atoms with van der Waals surface area (Å²) in [5.74, 6) is -1.05. The number of benzene rings is 1. The Hall–Kier alpha value is -0.798. The van der Waals surface area contributed by atoms with E-state index in [9.17, 15) is 9.59 Å². The van der Waals surface area contributed by atoms with Gasteiger partial charge in [-0.15, -0.1) is 0 Å². The third-order valence-corrected chi connectivity index (χ3v) is 2.37. The van der Waals surface area contributed by atoms with Crippen LogP contribution in [0.1, 0.15) is 26.3 Å². The summed E-state index contributed by atoms with van der Waals surface area (Å²) in [5.41, 5.74) is -0.00247. The van der Waals surface area contributed by atoms with E-state index in [0.717, 1.165) is 0 Å². The second kappa shape index (κ2) is 8.60. The molecule has 113 valence electrons. The summed E-state index contributed by atoms with van der Waals surface area (Å²) in [7, 11) is 0. The molecule has 0 heterocycles. The van der Waals surface area contributed by atoms with Crippen LogP contribution in [0.5, 0.6) is 5.75 Å². The van der Waals surface area contributed by atoms with Gasteiger partial charge in [-0.3, -0.25) is 0 Å². The first-order valence-corrected chi connectivity index (χ1v) is 6.17. The van der Waals surface area contributed by atoms with Gasteiger partial charge in [0.05, 0.1) is 0 Å². The number of phenolic OH excluding ortho intramolecular Hbond substituents is 1. The number of alkyl carbamates (subject to hydrolysis) is 1. The van der Waals surface area contributed by atoms with Gasteiger partial charge in [-0.25, -0.2) is 9.59 Å². The maximum atomic E-state index is 11.6. The zero-order valence-corrected chi connectivity index (χ0v) is 17.0. The Labute approximate surface area is 159 Å². The quantitative estimate of drug-likeness (QED) is 0.578. The Bertz CT molecular complexity index is 481. The van der Waals surface area contributed by atoms with Crippen LogP contribution in [0.25, 0.3) is 0 Å². The average Bonchev–Trinajstić information content (AvgIpc) is 2.28. The molecule has 3 N–H and O–H groups in total. The molecule has 1 aromatic carbocycles. The monoisotopic (exact) mass is 508 g/mol. The predicted molar refractivity (Wildman–Crippen MR) is 72.6 cm³/mol. The minimum Gasteiger partial charge on any atom is -0.508 e. The number of carbonyl (C=O) groups excluding carboxylic acids is 1. The maximum Gasteiger partial charge on any atom is 0.408 e. The molecule has 0 saturated carbocycles. The van der Waals surface area contributed by atoms with E-state index in [4.69, 9.17) is 14.9 Å². The molecule has 0 unspecified atom stereocenters. The van der Waals surface area contributed by atoms with E-state index in [-0.39, 0.29) is 56.2 Å². The van der Waals surface area contributed by atoms with Crippen molar-refractivity contribution in [2.75, 3.05) is 0 Å². The van der Waals surface area contributed by atoms with Crippen LogP contribution in [0.4, 0.5) is 4.79 Å². The van der Waals surface area contributed by atoms with Gasteiger partial charge in [-0.05, 0) is 38.5 Å². The van der Waals surface area contributed by atoms with E-state index in [2.05, 4.69) is 5.32 Å². The van der Waals surface area contributed by atoms with Crippen LogP contribution < -0.4 is 5.32 Å². The third kappa shape index (κ3) is 8.28. The Balaban J connectivity index is 0.00000400. The van der Waals surface area contributed by atoms with Crippen molar-refractivity contribution in [1.29, 1.82) is 0 Å². The number of ether oxygens (including phenoxy) is 1. The summed E-state index contributed by atoms with van der Waals surface area (Å²) >= 11 is 0. The number of carbonyl (C=O) groups is 2. The first-order valence-electron chi connectivity index (χ1n) is 6.17. The number of amides is 1. The number of carboxylic acid groups (broad SMARTS) is 1. The number of aliphatic carboxylic acids is 1. The van der Waals surface area contributed by atoms with Crippen molar-refractivity contribution < 1.29 is 68.6 Å². The van der Waals surface area contributed by atoms with Crippen LogP contribution in [0, 0.1) is 44.1 Å². The maximum absolute atomic E-state index is 11.6. The van der Waals surface area contributed by atoms with Crippen molar-refractivity contribution in [1.82, 2.24) is 5.32 Å². The van der Waals surface area contributed by atoms with Crippen molar-refractivity contribution in [3.63, 3.8) is 0 Å². The second-order valence-corrected chi connectivity index (χ2v) is 5.41. The number of rotatable bonds is 4. The number of hydrogen-bond acceptors (Lipinski definition) is 4. The fourth-order valence-corrected chi connectivity index (χ4v) is 1.52. The molecule has 1 amide bonds. The van der Waals surface area contributed by atoms with E-state index in [1.165, 1.54) is 12.1 Å². The summed E-state index contributed by atoms with van der Waals surface area (Å²) in [6, 6.07) is 5.03. The zero-order chi connectivity index (χ0) is 15.3. The van der Waals surface area contributed by atoms with Gasteiger partial charge >= 0.3 is 12.1 Å². The van der Waals surface area contributed by atoms with E-state index in [0.29, 0.717) is 5.56 Å². The van der Waals surface area contributed by atoms with E-state index < -0.39 is 23.7 Å². The number of carboxylic acids is 1. The Morgan fingerprint density at radius 1 is 1.24 bits per heavy atom. The SMILES string of the molecule is CC(C)(C)OC(=O)N[C@@H](Cc1ccc(O)cc1)C(=O)O.[Ac]. The second-order valence-electron chi connectivity index (χ2n) is 5.41. The van der Waals surface area contributed by atoms with Gasteiger partial charge in [0, 0.05) is 50.5 Å². The fourth-order valence-electron chi connectivity index (χ4n) is 1.52. The number of phenols is 1. The topological polar surface area (TPSA) is 95.9 Å². The van der Waals surface area contributed by atoms with Crippen LogP contribution in [-0.4, -0.2) is 33.9 Å². The summed E-state index contributed by atoms with van der Waals surface area (Å²) in [6.07, 6.45) is -0.668. The molecular formula is C14H19AcNO5. The van der Waals surface area contributed by atoms with Crippen LogP contribution in [0.3, 0.4) is 0 Å². The van der Waals surface area contributed by atoms with Crippen molar-refractivity contribution >= 4 is 12.1 Å². The molecule has 21 heavy (non-hydrogen) atoms. The Morgan fingerprint density at radius 3 is 2.19 bits per heavy atom. The van der Waals surface area contributed by atoms with Crippen molar-refractivity contribution in [3.05, 3.63) is 29.8 Å². The molecule has 1 aromatic rings. The van der Waals surface area contributed by atoms with E-state index in [1.807, 2.05) is 0 Å². The van der Waals surface area contributed by atoms with Crippen LogP contribution in [-0.2, 0) is 16.0 Å². The summed E-state index contributed by atoms with van der Waals surface area (Å²) in [6.45, 7) is 5.09. The molecule has 0 bridgehead atoms. The van der Waals surface area contributed by atoms with Crippen LogP contribution in [0.15, 0.2) is 24.3 Å². The zero-order valence-electron chi connectivity index (χ0n) is 12.3. The van der Waals surface area contributed by atoms with Gasteiger partial charge in [0.1, 0.15) is 17.4 Å². The number of hydrogen-bond donors (Lipinski definition) is 3. The van der Waals surface area contributed by atoms with E-state index >= 15 is 0 Å². The van der Waals surface area contributed by atoms with Gasteiger partial charge in [0.2, 0.25) is 0 Å². The van der Waals surface area contributed by atoms with Crippen LogP contribution >= 0.6 is 0 Å². The third-order valence-electron chi connectivity index (χ3n) is 2.37.